The van der Waals surface area contributed by atoms with E-state index in [1.54, 1.807) is 10.7 Å². The summed E-state index contributed by atoms with van der Waals surface area (Å²) in [5, 5.41) is 7.48. The van der Waals surface area contributed by atoms with Crippen LogP contribution in [0.5, 0.6) is 0 Å². The van der Waals surface area contributed by atoms with Gasteiger partial charge in [0.2, 0.25) is 0 Å². The quantitative estimate of drug-likeness (QED) is 0.820. The van der Waals surface area contributed by atoms with Gasteiger partial charge < -0.3 is 11.1 Å². The summed E-state index contributed by atoms with van der Waals surface area (Å²) in [6.45, 7) is 0.679. The SMILES string of the molecule is Cn1ccc(CCNc2ccc(F)cc2C(N)=S)n1. The molecule has 6 heteroatoms. The van der Waals surface area contributed by atoms with Gasteiger partial charge in [0.1, 0.15) is 10.8 Å². The Morgan fingerprint density at radius 3 is 2.89 bits per heavy atom. The number of nitrogens with two attached hydrogens (primary N) is 1. The molecule has 19 heavy (non-hydrogen) atoms. The van der Waals surface area contributed by atoms with Gasteiger partial charge in [-0.15, -0.1) is 0 Å². The number of benzene rings is 1. The van der Waals surface area contributed by atoms with Crippen LogP contribution >= 0.6 is 12.2 Å². The molecular weight excluding hydrogens is 263 g/mol. The summed E-state index contributed by atoms with van der Waals surface area (Å²) in [5.74, 6) is -0.349. The number of nitrogens with one attached hydrogen (secondary N) is 1. The van der Waals surface area contributed by atoms with Crippen molar-refractivity contribution >= 4 is 22.9 Å². The zero-order chi connectivity index (χ0) is 13.8. The van der Waals surface area contributed by atoms with E-state index in [4.69, 9.17) is 18.0 Å². The van der Waals surface area contributed by atoms with Crippen molar-refractivity contribution in [2.75, 3.05) is 11.9 Å². The zero-order valence-corrected chi connectivity index (χ0v) is 11.4. The van der Waals surface area contributed by atoms with Gasteiger partial charge in [0.25, 0.3) is 0 Å². The maximum atomic E-state index is 13.1. The van der Waals surface area contributed by atoms with Crippen LogP contribution in [0.25, 0.3) is 0 Å². The molecule has 0 atom stereocenters. The predicted molar refractivity (Wildman–Crippen MR) is 77.7 cm³/mol. The van der Waals surface area contributed by atoms with Crippen LogP contribution in [0, 0.1) is 5.82 Å². The first-order valence-corrected chi connectivity index (χ1v) is 6.29. The number of halogens is 1. The Morgan fingerprint density at radius 2 is 2.26 bits per heavy atom. The molecule has 2 aromatic rings. The van der Waals surface area contributed by atoms with E-state index in [-0.39, 0.29) is 10.8 Å². The lowest BCUT2D eigenvalue weighted by atomic mass is 10.1. The fourth-order valence-electron chi connectivity index (χ4n) is 1.80. The molecule has 0 aliphatic heterocycles. The summed E-state index contributed by atoms with van der Waals surface area (Å²) < 4.78 is 14.9. The Kier molecular flexibility index (Phi) is 4.11. The van der Waals surface area contributed by atoms with E-state index in [0.717, 1.165) is 17.8 Å². The van der Waals surface area contributed by atoms with E-state index in [9.17, 15) is 4.39 Å². The van der Waals surface area contributed by atoms with Crippen molar-refractivity contribution in [1.29, 1.82) is 0 Å². The summed E-state index contributed by atoms with van der Waals surface area (Å²) in [5.41, 5.74) is 7.84. The molecule has 1 heterocycles. The van der Waals surface area contributed by atoms with E-state index in [1.165, 1.54) is 12.1 Å². The minimum Gasteiger partial charge on any atom is -0.389 e. The predicted octanol–water partition coefficient (Wildman–Crippen LogP) is 1.85. The van der Waals surface area contributed by atoms with E-state index >= 15 is 0 Å². The molecule has 3 N–H and O–H groups in total. The van der Waals surface area contributed by atoms with E-state index in [2.05, 4.69) is 10.4 Å². The maximum absolute atomic E-state index is 13.1. The molecule has 1 aromatic heterocycles. The van der Waals surface area contributed by atoms with E-state index < -0.39 is 0 Å². The minimum atomic E-state index is -0.349. The van der Waals surface area contributed by atoms with Gasteiger partial charge in [-0.3, -0.25) is 4.68 Å². The van der Waals surface area contributed by atoms with Crippen LogP contribution in [0.15, 0.2) is 30.5 Å². The van der Waals surface area contributed by atoms with Crippen LogP contribution in [-0.2, 0) is 13.5 Å². The van der Waals surface area contributed by atoms with Crippen LogP contribution in [0.1, 0.15) is 11.3 Å². The van der Waals surface area contributed by atoms with Gasteiger partial charge in [0.15, 0.2) is 0 Å². The normalized spacial score (nSPS) is 10.4. The topological polar surface area (TPSA) is 55.9 Å². The molecule has 100 valence electrons. The lowest BCUT2D eigenvalue weighted by Gasteiger charge is -2.10. The van der Waals surface area contributed by atoms with E-state index in [1.807, 2.05) is 19.3 Å². The molecule has 4 nitrogen and oxygen atoms in total. The highest BCUT2D eigenvalue weighted by Crippen LogP contribution is 2.17. The Balaban J connectivity index is 2.01. The second-order valence-electron chi connectivity index (χ2n) is 4.21. The monoisotopic (exact) mass is 278 g/mol. The second-order valence-corrected chi connectivity index (χ2v) is 4.65. The van der Waals surface area contributed by atoms with Gasteiger partial charge in [-0.25, -0.2) is 4.39 Å². The average molecular weight is 278 g/mol. The Labute approximate surface area is 116 Å². The van der Waals surface area contributed by atoms with Crippen LogP contribution in [-0.4, -0.2) is 21.3 Å². The molecule has 0 radical (unpaired) electrons. The number of hydrogen-bond acceptors (Lipinski definition) is 3. The third kappa shape index (κ3) is 3.51. The van der Waals surface area contributed by atoms with Crippen molar-refractivity contribution in [3.05, 3.63) is 47.5 Å². The lowest BCUT2D eigenvalue weighted by Crippen LogP contribution is -2.15. The van der Waals surface area contributed by atoms with Crippen LogP contribution in [0.3, 0.4) is 0 Å². The number of aromatic nitrogens is 2. The van der Waals surface area contributed by atoms with Crippen molar-refractivity contribution in [1.82, 2.24) is 9.78 Å². The number of rotatable bonds is 5. The number of thiocarbonyl (C=S) groups is 1. The van der Waals surface area contributed by atoms with Crippen molar-refractivity contribution in [2.24, 2.45) is 12.8 Å². The van der Waals surface area contributed by atoms with E-state index in [0.29, 0.717) is 12.1 Å². The molecular formula is C13H15FN4S. The van der Waals surface area contributed by atoms with Gasteiger partial charge in [-0.05, 0) is 24.3 Å². The lowest BCUT2D eigenvalue weighted by molar-refractivity contribution is 0.627. The third-order valence-electron chi connectivity index (χ3n) is 2.71. The second kappa shape index (κ2) is 5.79. The summed E-state index contributed by atoms with van der Waals surface area (Å²) in [6.07, 6.45) is 2.67. The van der Waals surface area contributed by atoms with Crippen molar-refractivity contribution in [3.63, 3.8) is 0 Å². The van der Waals surface area contributed by atoms with Gasteiger partial charge in [-0.1, -0.05) is 12.2 Å². The van der Waals surface area contributed by atoms with Crippen LogP contribution < -0.4 is 11.1 Å². The summed E-state index contributed by atoms with van der Waals surface area (Å²) >= 11 is 4.91. The van der Waals surface area contributed by atoms with Crippen molar-refractivity contribution in [3.8, 4) is 0 Å². The van der Waals surface area contributed by atoms with Crippen LogP contribution in [0.2, 0.25) is 0 Å². The number of aryl methyl sites for hydroxylation is 1. The Morgan fingerprint density at radius 1 is 1.47 bits per heavy atom. The summed E-state index contributed by atoms with van der Waals surface area (Å²) in [7, 11) is 1.88. The molecule has 0 bridgehead atoms. The maximum Gasteiger partial charge on any atom is 0.124 e. The Hall–Kier alpha value is -1.95. The first-order valence-electron chi connectivity index (χ1n) is 5.88. The fourth-order valence-corrected chi connectivity index (χ4v) is 1.97. The molecule has 2 rings (SSSR count). The molecule has 0 saturated heterocycles. The van der Waals surface area contributed by atoms with Gasteiger partial charge >= 0.3 is 0 Å². The summed E-state index contributed by atoms with van der Waals surface area (Å²) in [4.78, 5) is 0.180. The zero-order valence-electron chi connectivity index (χ0n) is 10.6. The van der Waals surface area contributed by atoms with Gasteiger partial charge in [-0.2, -0.15) is 5.10 Å². The van der Waals surface area contributed by atoms with Crippen molar-refractivity contribution in [2.45, 2.75) is 6.42 Å². The fraction of sp³-hybridized carbons (Fsp3) is 0.231. The van der Waals surface area contributed by atoms with Crippen molar-refractivity contribution < 1.29 is 4.39 Å². The molecule has 0 amide bonds. The number of hydrogen-bond donors (Lipinski definition) is 2. The third-order valence-corrected chi connectivity index (χ3v) is 2.93. The van der Waals surface area contributed by atoms with Gasteiger partial charge in [0.05, 0.1) is 5.69 Å². The largest absolute Gasteiger partial charge is 0.389 e. The Bertz CT molecular complexity index is 594. The highest BCUT2D eigenvalue weighted by Gasteiger charge is 2.06. The van der Waals surface area contributed by atoms with Crippen LogP contribution in [0.4, 0.5) is 10.1 Å². The summed E-state index contributed by atoms with van der Waals surface area (Å²) in [6, 6.07) is 6.32. The smallest absolute Gasteiger partial charge is 0.124 e. The number of anilines is 1. The molecule has 0 aliphatic rings. The van der Waals surface area contributed by atoms with Gasteiger partial charge in [0, 0.05) is 37.5 Å². The molecule has 0 aliphatic carbocycles. The first kappa shape index (κ1) is 13.5. The minimum absolute atomic E-state index is 0.180. The average Bonchev–Trinajstić information content (AvgIpc) is 2.77. The number of nitrogens with zero attached hydrogens (tertiary/aromatic N) is 2. The highest BCUT2D eigenvalue weighted by molar-refractivity contribution is 7.80. The molecule has 0 saturated carbocycles. The molecule has 0 spiro atoms. The molecule has 1 aromatic carbocycles. The molecule has 0 fully saturated rings. The first-order chi connectivity index (χ1) is 9.06. The standard InChI is InChI=1S/C13H15FN4S/c1-18-7-5-10(17-18)4-6-16-12-3-2-9(14)8-11(12)13(15)19/h2-3,5,7-8,16H,4,6H2,1H3,(H2,15,19). The molecule has 0 unspecified atom stereocenters. The highest BCUT2D eigenvalue weighted by atomic mass is 32.1.